The lowest BCUT2D eigenvalue weighted by Gasteiger charge is -2.18. The van der Waals surface area contributed by atoms with Gasteiger partial charge in [0.15, 0.2) is 0 Å². The Morgan fingerprint density at radius 3 is 1.73 bits per heavy atom. The Balaban J connectivity index is 0.000000125. The van der Waals surface area contributed by atoms with Crippen molar-refractivity contribution in [1.82, 2.24) is 9.97 Å². The van der Waals surface area contributed by atoms with Crippen LogP contribution in [0.25, 0.3) is 43.4 Å². The van der Waals surface area contributed by atoms with Crippen molar-refractivity contribution in [2.45, 2.75) is 25.7 Å². The lowest BCUT2D eigenvalue weighted by molar-refractivity contribution is -0.382. The summed E-state index contributed by atoms with van der Waals surface area (Å²) < 4.78 is 0. The topological polar surface area (TPSA) is 68.9 Å². The molecule has 1 aliphatic carbocycles. The number of pyridine rings is 2. The maximum absolute atomic E-state index is 11.4. The molecule has 5 nitrogen and oxygen atoms in total. The van der Waals surface area contributed by atoms with Gasteiger partial charge in [-0.1, -0.05) is 78.9 Å². The SMILES string of the molecule is O=[N+]([O-])c1cc2c3c(ccc2c2ccccc12)CCCC3.c1ccc2ncccc2c1.c1ccc2ncccc2c1. The van der Waals surface area contributed by atoms with Gasteiger partial charge in [0.25, 0.3) is 5.69 Å². The van der Waals surface area contributed by atoms with Gasteiger partial charge < -0.3 is 0 Å². The van der Waals surface area contributed by atoms with Gasteiger partial charge in [0.2, 0.25) is 0 Å². The number of hydrogen-bond acceptors (Lipinski definition) is 4. The van der Waals surface area contributed by atoms with Crippen LogP contribution in [-0.4, -0.2) is 14.9 Å². The monoisotopic (exact) mass is 535 g/mol. The summed E-state index contributed by atoms with van der Waals surface area (Å²) in [6, 6.07) is 37.9. The first-order chi connectivity index (χ1) is 20.2. The van der Waals surface area contributed by atoms with Crippen molar-refractivity contribution in [3.8, 4) is 0 Å². The molecule has 2 heterocycles. The number of nitrogens with zero attached hydrogens (tertiary/aromatic N) is 3. The van der Waals surface area contributed by atoms with Crippen LogP contribution in [0.2, 0.25) is 0 Å². The molecular formula is C36H29N3O2. The summed E-state index contributed by atoms with van der Waals surface area (Å²) in [5.41, 5.74) is 5.01. The number of benzene rings is 5. The Hall–Kier alpha value is -5.16. The fraction of sp³-hybridized carbons (Fsp3) is 0.111. The summed E-state index contributed by atoms with van der Waals surface area (Å²) in [5.74, 6) is 0. The smallest absolute Gasteiger partial charge is 0.258 e. The van der Waals surface area contributed by atoms with Crippen LogP contribution in [0.5, 0.6) is 0 Å². The van der Waals surface area contributed by atoms with Gasteiger partial charge in [-0.3, -0.25) is 20.1 Å². The standard InChI is InChI=1S/C18H15NO2.2C9H7N/c20-19(21)18-11-17-13-6-2-1-5-12(13)9-10-15(17)14-7-3-4-8-16(14)18;2*1-2-6-9-8(4-1)5-3-7-10-9/h3-4,7-11H,1-2,5-6H2;2*1-7H. The van der Waals surface area contributed by atoms with E-state index in [2.05, 4.69) is 46.4 Å². The first-order valence-electron chi connectivity index (χ1n) is 13.9. The summed E-state index contributed by atoms with van der Waals surface area (Å²) in [5, 5.41) is 17.7. The van der Waals surface area contributed by atoms with Crippen LogP contribution in [0.3, 0.4) is 0 Å². The number of hydrogen-bond donors (Lipinski definition) is 0. The zero-order chi connectivity index (χ0) is 28.0. The number of rotatable bonds is 1. The molecule has 0 bridgehead atoms. The van der Waals surface area contributed by atoms with E-state index in [1.54, 1.807) is 6.07 Å². The van der Waals surface area contributed by atoms with Crippen LogP contribution in [0.4, 0.5) is 5.69 Å². The summed E-state index contributed by atoms with van der Waals surface area (Å²) in [6.45, 7) is 0. The van der Waals surface area contributed by atoms with E-state index < -0.39 is 0 Å². The zero-order valence-corrected chi connectivity index (χ0v) is 22.6. The molecule has 0 saturated carbocycles. The van der Waals surface area contributed by atoms with E-state index in [0.717, 1.165) is 45.4 Å². The number of nitro benzene ring substituents is 1. The number of fused-ring (bicyclic) bond motifs is 7. The quantitative estimate of drug-likeness (QED) is 0.119. The first kappa shape index (κ1) is 26.1. The molecule has 8 rings (SSSR count). The largest absolute Gasteiger partial charge is 0.277 e. The average molecular weight is 536 g/mol. The van der Waals surface area contributed by atoms with E-state index >= 15 is 0 Å². The Bertz CT molecular complexity index is 1800. The molecule has 0 atom stereocenters. The first-order valence-corrected chi connectivity index (χ1v) is 13.9. The van der Waals surface area contributed by atoms with Crippen molar-refractivity contribution < 1.29 is 4.92 Å². The molecule has 0 fully saturated rings. The molecule has 0 radical (unpaired) electrons. The predicted octanol–water partition coefficient (Wildman–Crippen LogP) is 9.25. The lowest BCUT2D eigenvalue weighted by Crippen LogP contribution is -2.03. The Morgan fingerprint density at radius 1 is 0.561 bits per heavy atom. The molecule has 0 amide bonds. The van der Waals surface area contributed by atoms with Crippen molar-refractivity contribution in [2.75, 3.05) is 0 Å². The molecule has 0 saturated heterocycles. The highest BCUT2D eigenvalue weighted by atomic mass is 16.6. The summed E-state index contributed by atoms with van der Waals surface area (Å²) >= 11 is 0. The minimum absolute atomic E-state index is 0.220. The van der Waals surface area contributed by atoms with Crippen LogP contribution < -0.4 is 0 Å². The van der Waals surface area contributed by atoms with Gasteiger partial charge in [-0.05, 0) is 83.3 Å². The highest BCUT2D eigenvalue weighted by Gasteiger charge is 2.19. The van der Waals surface area contributed by atoms with Gasteiger partial charge in [-0.25, -0.2) is 0 Å². The van der Waals surface area contributed by atoms with Crippen LogP contribution in [0.1, 0.15) is 24.0 Å². The van der Waals surface area contributed by atoms with Crippen molar-refractivity contribution in [1.29, 1.82) is 0 Å². The highest BCUT2D eigenvalue weighted by Crippen LogP contribution is 2.37. The van der Waals surface area contributed by atoms with E-state index in [1.165, 1.54) is 34.7 Å². The number of non-ortho nitro benzene ring substituents is 1. The van der Waals surface area contributed by atoms with Crippen molar-refractivity contribution in [3.05, 3.63) is 149 Å². The molecule has 41 heavy (non-hydrogen) atoms. The minimum atomic E-state index is -0.260. The second-order valence-electron chi connectivity index (χ2n) is 10.1. The van der Waals surface area contributed by atoms with Crippen LogP contribution in [0.15, 0.2) is 128 Å². The number of para-hydroxylation sites is 2. The van der Waals surface area contributed by atoms with Gasteiger partial charge in [0, 0.05) is 29.2 Å². The average Bonchev–Trinajstić information content (AvgIpc) is 3.05. The Kier molecular flexibility index (Phi) is 7.59. The molecule has 0 unspecified atom stereocenters. The molecule has 7 aromatic rings. The number of aryl methyl sites for hydroxylation is 2. The van der Waals surface area contributed by atoms with Gasteiger partial charge in [0.05, 0.1) is 21.3 Å². The molecule has 2 aromatic heterocycles. The van der Waals surface area contributed by atoms with Crippen LogP contribution >= 0.6 is 0 Å². The fourth-order valence-corrected chi connectivity index (χ4v) is 5.60. The molecule has 0 spiro atoms. The second kappa shape index (κ2) is 11.9. The van der Waals surface area contributed by atoms with Crippen LogP contribution in [0, 0.1) is 10.1 Å². The normalized spacial score (nSPS) is 12.2. The van der Waals surface area contributed by atoms with Gasteiger partial charge in [0.1, 0.15) is 0 Å². The molecule has 0 aliphatic heterocycles. The van der Waals surface area contributed by atoms with Gasteiger partial charge in [-0.15, -0.1) is 0 Å². The van der Waals surface area contributed by atoms with Crippen LogP contribution in [-0.2, 0) is 12.8 Å². The molecule has 200 valence electrons. The summed E-state index contributed by atoms with van der Waals surface area (Å²) in [7, 11) is 0. The summed E-state index contributed by atoms with van der Waals surface area (Å²) in [6.07, 6.45) is 8.12. The van der Waals surface area contributed by atoms with E-state index in [4.69, 9.17) is 0 Å². The molecular weight excluding hydrogens is 506 g/mol. The third kappa shape index (κ3) is 5.61. The highest BCUT2D eigenvalue weighted by molar-refractivity contribution is 6.12. The van der Waals surface area contributed by atoms with Gasteiger partial charge in [-0.2, -0.15) is 0 Å². The molecule has 0 N–H and O–H groups in total. The molecule has 5 aromatic carbocycles. The zero-order valence-electron chi connectivity index (χ0n) is 22.6. The van der Waals surface area contributed by atoms with E-state index in [1.807, 2.05) is 85.2 Å². The van der Waals surface area contributed by atoms with Gasteiger partial charge >= 0.3 is 0 Å². The predicted molar refractivity (Wildman–Crippen MR) is 168 cm³/mol. The number of nitro groups is 1. The third-order valence-electron chi connectivity index (χ3n) is 7.57. The van der Waals surface area contributed by atoms with E-state index in [0.29, 0.717) is 0 Å². The minimum Gasteiger partial charge on any atom is -0.258 e. The Morgan fingerprint density at radius 2 is 1.10 bits per heavy atom. The Labute approximate surface area is 238 Å². The maximum atomic E-state index is 11.4. The molecule has 1 aliphatic rings. The molecule has 5 heteroatoms. The summed E-state index contributed by atoms with van der Waals surface area (Å²) in [4.78, 5) is 19.5. The van der Waals surface area contributed by atoms with Crippen molar-refractivity contribution >= 4 is 49.0 Å². The van der Waals surface area contributed by atoms with Crippen molar-refractivity contribution in [2.24, 2.45) is 0 Å². The maximum Gasteiger partial charge on any atom is 0.277 e. The number of aromatic nitrogens is 2. The second-order valence-corrected chi connectivity index (χ2v) is 10.1. The van der Waals surface area contributed by atoms with Crippen molar-refractivity contribution in [3.63, 3.8) is 0 Å². The third-order valence-corrected chi connectivity index (χ3v) is 7.57. The lowest BCUT2D eigenvalue weighted by atomic mass is 9.86. The van der Waals surface area contributed by atoms with E-state index in [9.17, 15) is 10.1 Å². The fourth-order valence-electron chi connectivity index (χ4n) is 5.60. The van der Waals surface area contributed by atoms with E-state index in [-0.39, 0.29) is 10.6 Å².